The Morgan fingerprint density at radius 2 is 1.94 bits per heavy atom. The van der Waals surface area contributed by atoms with E-state index in [-0.39, 0.29) is 10.7 Å². The Balaban J connectivity index is 2.38. The lowest BCUT2D eigenvalue weighted by atomic mass is 9.63. The standard InChI is InChI=1S/C13H17ClN2O2/c1-12(2)4-6-13(7-5-12,10(17)18)9-3-8-15-11(14)16-9/h3,8H,4-7H2,1-2H3,(H,17,18). The summed E-state index contributed by atoms with van der Waals surface area (Å²) in [5, 5.41) is 9.71. The van der Waals surface area contributed by atoms with Gasteiger partial charge in [-0.15, -0.1) is 0 Å². The average Bonchev–Trinajstić information content (AvgIpc) is 2.29. The van der Waals surface area contributed by atoms with Crippen LogP contribution in [0.2, 0.25) is 5.28 Å². The van der Waals surface area contributed by atoms with Crippen LogP contribution in [-0.4, -0.2) is 21.0 Å². The van der Waals surface area contributed by atoms with Crippen molar-refractivity contribution in [2.75, 3.05) is 0 Å². The first-order chi connectivity index (χ1) is 8.36. The molecule has 0 radical (unpaired) electrons. The number of hydrogen-bond acceptors (Lipinski definition) is 3. The van der Waals surface area contributed by atoms with Crippen LogP contribution < -0.4 is 0 Å². The van der Waals surface area contributed by atoms with Crippen molar-refractivity contribution in [2.24, 2.45) is 5.41 Å². The molecule has 1 aromatic rings. The highest BCUT2D eigenvalue weighted by molar-refractivity contribution is 6.28. The molecule has 1 saturated carbocycles. The van der Waals surface area contributed by atoms with Gasteiger partial charge in [0.15, 0.2) is 0 Å². The van der Waals surface area contributed by atoms with Gasteiger partial charge >= 0.3 is 5.97 Å². The minimum absolute atomic E-state index is 0.109. The predicted octanol–water partition coefficient (Wildman–Crippen LogP) is 3.05. The Hall–Kier alpha value is -1.16. The zero-order chi connectivity index (χ0) is 13.4. The second-order valence-corrected chi connectivity index (χ2v) is 6.10. The molecule has 0 unspecified atom stereocenters. The van der Waals surface area contributed by atoms with Crippen molar-refractivity contribution in [3.63, 3.8) is 0 Å². The molecule has 98 valence electrons. The van der Waals surface area contributed by atoms with Gasteiger partial charge in [-0.05, 0) is 48.8 Å². The first kappa shape index (κ1) is 13.3. The topological polar surface area (TPSA) is 63.1 Å². The van der Waals surface area contributed by atoms with Crippen LogP contribution in [-0.2, 0) is 10.2 Å². The number of carboxylic acids is 1. The summed E-state index contributed by atoms with van der Waals surface area (Å²) in [5.74, 6) is -0.812. The third-order valence-electron chi connectivity index (χ3n) is 3.98. The van der Waals surface area contributed by atoms with Crippen LogP contribution in [0.3, 0.4) is 0 Å². The normalized spacial score (nSPS) is 21.5. The molecule has 4 nitrogen and oxygen atoms in total. The molecule has 0 saturated heterocycles. The van der Waals surface area contributed by atoms with Crippen LogP contribution in [0.4, 0.5) is 0 Å². The van der Waals surface area contributed by atoms with Crippen LogP contribution in [0.25, 0.3) is 0 Å². The summed E-state index contributed by atoms with van der Waals surface area (Å²) in [4.78, 5) is 19.6. The van der Waals surface area contributed by atoms with E-state index in [0.717, 1.165) is 12.8 Å². The summed E-state index contributed by atoms with van der Waals surface area (Å²) in [6.45, 7) is 4.34. The zero-order valence-electron chi connectivity index (χ0n) is 10.6. The fraction of sp³-hybridized carbons (Fsp3) is 0.615. The molecule has 0 amide bonds. The first-order valence-corrected chi connectivity index (χ1v) is 6.46. The highest BCUT2D eigenvalue weighted by Crippen LogP contribution is 2.46. The Labute approximate surface area is 111 Å². The van der Waals surface area contributed by atoms with Crippen molar-refractivity contribution in [2.45, 2.75) is 44.9 Å². The Kier molecular flexibility index (Phi) is 3.32. The van der Waals surface area contributed by atoms with Crippen molar-refractivity contribution < 1.29 is 9.90 Å². The summed E-state index contributed by atoms with van der Waals surface area (Å²) >= 11 is 5.77. The second kappa shape index (κ2) is 4.50. The summed E-state index contributed by atoms with van der Waals surface area (Å²) in [6, 6.07) is 1.66. The molecule has 1 heterocycles. The van der Waals surface area contributed by atoms with Gasteiger partial charge in [0.1, 0.15) is 5.41 Å². The summed E-state index contributed by atoms with van der Waals surface area (Å²) in [7, 11) is 0. The molecule has 1 aliphatic carbocycles. The minimum atomic E-state index is -0.901. The van der Waals surface area contributed by atoms with E-state index in [2.05, 4.69) is 23.8 Å². The number of rotatable bonds is 2. The monoisotopic (exact) mass is 268 g/mol. The molecule has 0 aromatic carbocycles. The van der Waals surface area contributed by atoms with E-state index in [0.29, 0.717) is 18.5 Å². The van der Waals surface area contributed by atoms with Crippen molar-refractivity contribution >= 4 is 17.6 Å². The summed E-state index contributed by atoms with van der Waals surface area (Å²) < 4.78 is 0. The maximum Gasteiger partial charge on any atom is 0.315 e. The summed E-state index contributed by atoms with van der Waals surface area (Å²) in [5.41, 5.74) is -0.164. The van der Waals surface area contributed by atoms with Crippen LogP contribution >= 0.6 is 11.6 Å². The van der Waals surface area contributed by atoms with Gasteiger partial charge in [-0.1, -0.05) is 13.8 Å². The fourth-order valence-electron chi connectivity index (χ4n) is 2.53. The zero-order valence-corrected chi connectivity index (χ0v) is 11.4. The van der Waals surface area contributed by atoms with E-state index in [4.69, 9.17) is 11.6 Å². The SMILES string of the molecule is CC1(C)CCC(C(=O)O)(c2ccnc(Cl)n2)CC1. The molecule has 0 spiro atoms. The Bertz CT molecular complexity index is 464. The number of carbonyl (C=O) groups is 1. The van der Waals surface area contributed by atoms with Gasteiger partial charge in [-0.25, -0.2) is 9.97 Å². The van der Waals surface area contributed by atoms with Crippen molar-refractivity contribution in [3.05, 3.63) is 23.2 Å². The van der Waals surface area contributed by atoms with Crippen LogP contribution in [0.15, 0.2) is 12.3 Å². The van der Waals surface area contributed by atoms with Gasteiger partial charge in [0.05, 0.1) is 5.69 Å². The maximum absolute atomic E-state index is 11.7. The molecule has 1 N–H and O–H groups in total. The van der Waals surface area contributed by atoms with E-state index in [1.807, 2.05) is 0 Å². The lowest BCUT2D eigenvalue weighted by Gasteiger charge is -2.40. The maximum atomic E-state index is 11.7. The van der Waals surface area contributed by atoms with Gasteiger partial charge in [-0.3, -0.25) is 4.79 Å². The molecule has 1 aliphatic rings. The van der Waals surface area contributed by atoms with E-state index in [1.165, 1.54) is 6.20 Å². The highest BCUT2D eigenvalue weighted by Gasteiger charge is 2.46. The van der Waals surface area contributed by atoms with Gasteiger partial charge in [0, 0.05) is 6.20 Å². The van der Waals surface area contributed by atoms with Crippen LogP contribution in [0.1, 0.15) is 45.2 Å². The third kappa shape index (κ3) is 2.34. The molecule has 2 rings (SSSR count). The number of carboxylic acid groups (broad SMARTS) is 1. The molecular weight excluding hydrogens is 252 g/mol. The van der Waals surface area contributed by atoms with Crippen LogP contribution in [0, 0.1) is 5.41 Å². The van der Waals surface area contributed by atoms with Gasteiger partial charge in [0.2, 0.25) is 5.28 Å². The van der Waals surface area contributed by atoms with E-state index >= 15 is 0 Å². The Morgan fingerprint density at radius 1 is 1.33 bits per heavy atom. The minimum Gasteiger partial charge on any atom is -0.481 e. The lowest BCUT2D eigenvalue weighted by molar-refractivity contribution is -0.146. The third-order valence-corrected chi connectivity index (χ3v) is 4.17. The molecule has 0 atom stereocenters. The van der Waals surface area contributed by atoms with Gasteiger partial charge in [0.25, 0.3) is 0 Å². The van der Waals surface area contributed by atoms with Crippen molar-refractivity contribution in [1.82, 2.24) is 9.97 Å². The molecule has 1 fully saturated rings. The molecule has 18 heavy (non-hydrogen) atoms. The van der Waals surface area contributed by atoms with Crippen molar-refractivity contribution in [1.29, 1.82) is 0 Å². The molecule has 0 bridgehead atoms. The van der Waals surface area contributed by atoms with Crippen LogP contribution in [0.5, 0.6) is 0 Å². The second-order valence-electron chi connectivity index (χ2n) is 5.76. The number of halogens is 1. The number of nitrogens with zero attached hydrogens (tertiary/aromatic N) is 2. The van der Waals surface area contributed by atoms with E-state index < -0.39 is 11.4 Å². The quantitative estimate of drug-likeness (QED) is 0.838. The molecule has 1 aromatic heterocycles. The number of aromatic nitrogens is 2. The van der Waals surface area contributed by atoms with Gasteiger partial charge in [-0.2, -0.15) is 0 Å². The Morgan fingerprint density at radius 3 is 2.44 bits per heavy atom. The largest absolute Gasteiger partial charge is 0.481 e. The average molecular weight is 269 g/mol. The van der Waals surface area contributed by atoms with E-state index in [1.54, 1.807) is 6.07 Å². The van der Waals surface area contributed by atoms with Gasteiger partial charge < -0.3 is 5.11 Å². The number of aliphatic carboxylic acids is 1. The number of hydrogen-bond donors (Lipinski definition) is 1. The summed E-state index contributed by atoms with van der Waals surface area (Å²) in [6.07, 6.45) is 4.47. The predicted molar refractivity (Wildman–Crippen MR) is 68.6 cm³/mol. The molecule has 0 aliphatic heterocycles. The fourth-order valence-corrected chi connectivity index (χ4v) is 2.68. The van der Waals surface area contributed by atoms with Crippen molar-refractivity contribution in [3.8, 4) is 0 Å². The first-order valence-electron chi connectivity index (χ1n) is 6.08. The molecule has 5 heteroatoms. The van der Waals surface area contributed by atoms with E-state index in [9.17, 15) is 9.90 Å². The highest BCUT2D eigenvalue weighted by atomic mass is 35.5. The smallest absolute Gasteiger partial charge is 0.315 e. The molecular formula is C13H17ClN2O2. The lowest BCUT2D eigenvalue weighted by Crippen LogP contribution is -2.42.